The first-order valence-corrected chi connectivity index (χ1v) is 3.92. The van der Waals surface area contributed by atoms with Crippen molar-refractivity contribution >= 4 is 9.68 Å². The standard InChI is InChI=1S/C5H14NSi/c1-5-7-6(2,3)4/h5H,1,7H2,2-4H3/q+1. The van der Waals surface area contributed by atoms with Crippen LogP contribution in [0.1, 0.15) is 0 Å². The van der Waals surface area contributed by atoms with Crippen molar-refractivity contribution in [1.82, 2.24) is 0 Å². The zero-order chi connectivity index (χ0) is 5.91. The van der Waals surface area contributed by atoms with Crippen molar-refractivity contribution in [2.24, 2.45) is 0 Å². The summed E-state index contributed by atoms with van der Waals surface area (Å²) in [6.07, 6.45) is 0. The van der Waals surface area contributed by atoms with Gasteiger partial charge in [0.1, 0.15) is 0 Å². The molecule has 0 atom stereocenters. The van der Waals surface area contributed by atoms with Crippen LogP contribution in [-0.4, -0.2) is 35.0 Å². The van der Waals surface area contributed by atoms with Crippen molar-refractivity contribution in [1.29, 1.82) is 0 Å². The summed E-state index contributed by atoms with van der Waals surface area (Å²) < 4.78 is 1.11. The van der Waals surface area contributed by atoms with E-state index in [1.807, 2.05) is 0 Å². The fourth-order valence-corrected chi connectivity index (χ4v) is 1.16. The van der Waals surface area contributed by atoms with Crippen LogP contribution in [0.15, 0.2) is 12.3 Å². The molecule has 0 radical (unpaired) electrons. The van der Waals surface area contributed by atoms with Crippen molar-refractivity contribution < 1.29 is 4.15 Å². The molecule has 0 rings (SSSR count). The second-order valence-corrected chi connectivity index (χ2v) is 5.60. The SMILES string of the molecule is C=C[SiH2][N+](C)(C)C. The molecule has 0 amide bonds. The van der Waals surface area contributed by atoms with Gasteiger partial charge in [0.05, 0.1) is 21.1 Å². The summed E-state index contributed by atoms with van der Waals surface area (Å²) in [7, 11) is 6.57. The molecule has 42 valence electrons. The summed E-state index contributed by atoms with van der Waals surface area (Å²) in [6, 6.07) is 0. The van der Waals surface area contributed by atoms with Crippen molar-refractivity contribution in [3.63, 3.8) is 0 Å². The number of hydrogen-bond donors (Lipinski definition) is 0. The summed E-state index contributed by atoms with van der Waals surface area (Å²) in [5, 5.41) is 0. The lowest BCUT2D eigenvalue weighted by atomic mass is 11.0. The highest BCUT2D eigenvalue weighted by Crippen LogP contribution is 1.82. The average Bonchev–Trinajstić information content (AvgIpc) is 1.30. The topological polar surface area (TPSA) is 0 Å². The van der Waals surface area contributed by atoms with E-state index < -0.39 is 0 Å². The Labute approximate surface area is 48.1 Å². The van der Waals surface area contributed by atoms with E-state index in [0.29, 0.717) is 0 Å². The minimum Gasteiger partial charge on any atom is -0.392 e. The van der Waals surface area contributed by atoms with E-state index in [9.17, 15) is 0 Å². The monoisotopic (exact) mass is 116 g/mol. The summed E-state index contributed by atoms with van der Waals surface area (Å²) >= 11 is 0. The van der Waals surface area contributed by atoms with E-state index in [1.54, 1.807) is 0 Å². The van der Waals surface area contributed by atoms with Crippen LogP contribution in [0.2, 0.25) is 0 Å². The summed E-state index contributed by atoms with van der Waals surface area (Å²) in [6.45, 7) is 3.69. The summed E-state index contributed by atoms with van der Waals surface area (Å²) in [4.78, 5) is 0. The maximum atomic E-state index is 3.69. The highest BCUT2D eigenvalue weighted by atomic mass is 28.2. The van der Waals surface area contributed by atoms with E-state index >= 15 is 0 Å². The lowest BCUT2D eigenvalue weighted by Gasteiger charge is -2.22. The quantitative estimate of drug-likeness (QED) is 0.443. The van der Waals surface area contributed by atoms with Crippen LogP contribution >= 0.6 is 0 Å². The summed E-state index contributed by atoms with van der Waals surface area (Å²) in [5.74, 6) is 0. The molecule has 0 aliphatic heterocycles. The van der Waals surface area contributed by atoms with Crippen molar-refractivity contribution in [3.05, 3.63) is 12.3 Å². The van der Waals surface area contributed by atoms with Crippen LogP contribution in [0.5, 0.6) is 0 Å². The smallest absolute Gasteiger partial charge is 0.279 e. The molecule has 0 aliphatic carbocycles. The van der Waals surface area contributed by atoms with Crippen LogP contribution in [0.3, 0.4) is 0 Å². The molecule has 0 aromatic rings. The van der Waals surface area contributed by atoms with Gasteiger partial charge in [0.15, 0.2) is 0 Å². The normalized spacial score (nSPS) is 13.0. The van der Waals surface area contributed by atoms with Crippen LogP contribution in [0.4, 0.5) is 0 Å². The lowest BCUT2D eigenvalue weighted by Crippen LogP contribution is -2.37. The minimum absolute atomic E-state index is 0.0386. The predicted molar refractivity (Wildman–Crippen MR) is 36.8 cm³/mol. The van der Waals surface area contributed by atoms with Gasteiger partial charge >= 0.3 is 0 Å². The molecule has 0 heterocycles. The molecular weight excluding hydrogens is 102 g/mol. The Morgan fingerprint density at radius 2 is 1.86 bits per heavy atom. The van der Waals surface area contributed by atoms with Gasteiger partial charge in [0.25, 0.3) is 9.68 Å². The number of quaternary nitrogens is 1. The van der Waals surface area contributed by atoms with E-state index in [1.165, 1.54) is 0 Å². The molecule has 0 N–H and O–H groups in total. The molecule has 0 spiro atoms. The van der Waals surface area contributed by atoms with E-state index in [0.717, 1.165) is 4.15 Å². The van der Waals surface area contributed by atoms with E-state index in [4.69, 9.17) is 0 Å². The maximum absolute atomic E-state index is 3.69. The van der Waals surface area contributed by atoms with E-state index in [2.05, 4.69) is 33.4 Å². The third-order valence-corrected chi connectivity index (χ3v) is 2.03. The zero-order valence-corrected chi connectivity index (χ0v) is 6.85. The fourth-order valence-electron chi connectivity index (χ4n) is 0.387. The second-order valence-electron chi connectivity index (χ2n) is 2.76. The molecule has 0 aromatic heterocycles. The number of rotatable bonds is 2. The molecule has 0 aromatic carbocycles. The van der Waals surface area contributed by atoms with Crippen LogP contribution < -0.4 is 0 Å². The number of nitrogens with zero attached hydrogens (tertiary/aromatic N) is 1. The van der Waals surface area contributed by atoms with Gasteiger partial charge in [0, 0.05) is 0 Å². The van der Waals surface area contributed by atoms with Gasteiger partial charge in [-0.3, -0.25) is 0 Å². The van der Waals surface area contributed by atoms with Gasteiger partial charge in [0.2, 0.25) is 0 Å². The highest BCUT2D eigenvalue weighted by molar-refractivity contribution is 6.33. The first-order valence-electron chi connectivity index (χ1n) is 2.47. The lowest BCUT2D eigenvalue weighted by molar-refractivity contribution is -0.754. The molecule has 7 heavy (non-hydrogen) atoms. The zero-order valence-electron chi connectivity index (χ0n) is 5.44. The Kier molecular flexibility index (Phi) is 2.26. The van der Waals surface area contributed by atoms with Crippen LogP contribution in [0, 0.1) is 0 Å². The van der Waals surface area contributed by atoms with Gasteiger partial charge in [-0.1, -0.05) is 5.70 Å². The Morgan fingerprint density at radius 1 is 1.43 bits per heavy atom. The maximum Gasteiger partial charge on any atom is 0.279 e. The van der Waals surface area contributed by atoms with Crippen molar-refractivity contribution in [3.8, 4) is 0 Å². The highest BCUT2D eigenvalue weighted by Gasteiger charge is 2.00. The van der Waals surface area contributed by atoms with Gasteiger partial charge in [-0.25, -0.2) is 0 Å². The Bertz CT molecular complexity index is 63.0. The van der Waals surface area contributed by atoms with Crippen molar-refractivity contribution in [2.45, 2.75) is 0 Å². The minimum atomic E-state index is -0.0386. The van der Waals surface area contributed by atoms with Crippen molar-refractivity contribution in [2.75, 3.05) is 21.1 Å². The molecule has 0 aliphatic rings. The molecule has 0 fully saturated rings. The molecule has 0 saturated heterocycles. The van der Waals surface area contributed by atoms with Gasteiger partial charge in [-0.2, -0.15) is 0 Å². The Morgan fingerprint density at radius 3 is 1.86 bits per heavy atom. The van der Waals surface area contributed by atoms with Gasteiger partial charge in [-0.05, 0) is 0 Å². The summed E-state index contributed by atoms with van der Waals surface area (Å²) in [5.41, 5.74) is 2.07. The Hall–Kier alpha value is -0.0831. The first kappa shape index (κ1) is 6.92. The van der Waals surface area contributed by atoms with Gasteiger partial charge in [-0.15, -0.1) is 6.58 Å². The van der Waals surface area contributed by atoms with Crippen LogP contribution in [-0.2, 0) is 0 Å². The molecular formula is C5H14NSi+. The van der Waals surface area contributed by atoms with Crippen LogP contribution in [0.25, 0.3) is 0 Å². The Balaban J connectivity index is 3.34. The predicted octanol–water partition coefficient (Wildman–Crippen LogP) is -0.0801. The van der Waals surface area contributed by atoms with E-state index in [-0.39, 0.29) is 9.68 Å². The second kappa shape index (κ2) is 2.28. The molecule has 1 nitrogen and oxygen atoms in total. The molecule has 2 heteroatoms. The third-order valence-electron chi connectivity index (χ3n) is 0.677. The molecule has 0 unspecified atom stereocenters. The molecule has 0 saturated carbocycles. The fraction of sp³-hybridized carbons (Fsp3) is 0.600. The first-order chi connectivity index (χ1) is 3.06. The number of hydrogen-bond acceptors (Lipinski definition) is 0. The average molecular weight is 116 g/mol. The van der Waals surface area contributed by atoms with Gasteiger partial charge < -0.3 is 4.15 Å². The third kappa shape index (κ3) is 5.92. The largest absolute Gasteiger partial charge is 0.392 e. The molecule has 0 bridgehead atoms.